The van der Waals surface area contributed by atoms with E-state index in [0.717, 1.165) is 58.7 Å². The zero-order valence-electron chi connectivity index (χ0n) is 65.0. The van der Waals surface area contributed by atoms with Gasteiger partial charge in [0.1, 0.15) is 40.2 Å². The van der Waals surface area contributed by atoms with Crippen LogP contribution in [0.1, 0.15) is 186 Å². The molecule has 4 aromatic carbocycles. The lowest BCUT2D eigenvalue weighted by Crippen LogP contribution is -2.52. The van der Waals surface area contributed by atoms with E-state index in [0.29, 0.717) is 97.3 Å². The van der Waals surface area contributed by atoms with Gasteiger partial charge in [-0.25, -0.2) is 0 Å². The molecule has 0 bridgehead atoms. The van der Waals surface area contributed by atoms with Crippen molar-refractivity contribution in [3.8, 4) is 16.9 Å². The van der Waals surface area contributed by atoms with Crippen LogP contribution in [0.25, 0.3) is 23.3 Å². The molecule has 23 heteroatoms. The van der Waals surface area contributed by atoms with Crippen molar-refractivity contribution in [2.75, 3.05) is 105 Å². The van der Waals surface area contributed by atoms with Crippen LogP contribution in [0.5, 0.6) is 5.75 Å². The maximum atomic E-state index is 15.4. The highest BCUT2D eigenvalue weighted by atomic mass is 19.4. The molecule has 0 radical (unpaired) electrons. The summed E-state index contributed by atoms with van der Waals surface area (Å²) in [5, 5.41) is 9.03. The van der Waals surface area contributed by atoms with E-state index in [-0.39, 0.29) is 88.2 Å². The average molecular weight is 1470 g/mol. The first-order chi connectivity index (χ1) is 49.3. The van der Waals surface area contributed by atoms with E-state index >= 15 is 13.2 Å². The zero-order chi connectivity index (χ0) is 77.1. The Morgan fingerprint density at radius 2 is 1.07 bits per heavy atom. The van der Waals surface area contributed by atoms with Gasteiger partial charge in [-0.05, 0) is 207 Å². The number of likely N-dealkylation sites (tertiary alicyclic amines) is 1. The number of amides is 3. The Labute approximate surface area is 622 Å². The average Bonchev–Trinajstić information content (AvgIpc) is 0.785. The molecule has 2 atom stereocenters. The molecule has 0 aliphatic carbocycles. The van der Waals surface area contributed by atoms with Crippen LogP contribution in [0.15, 0.2) is 84.9 Å². The number of unbranched alkanes of at least 4 members (excludes halogenated alkanes) is 2. The van der Waals surface area contributed by atoms with E-state index in [1.54, 1.807) is 89.2 Å². The Bertz CT molecular complexity index is 3440. The second kappa shape index (κ2) is 40.9. The van der Waals surface area contributed by atoms with Crippen LogP contribution >= 0.6 is 0 Å². The van der Waals surface area contributed by atoms with E-state index < -0.39 is 81.9 Å². The number of ether oxygens (including phenoxy) is 5. The minimum Gasteiger partial charge on any atom is -0.493 e. The van der Waals surface area contributed by atoms with Crippen molar-refractivity contribution in [3.63, 3.8) is 0 Å². The lowest BCUT2D eigenvalue weighted by atomic mass is 9.95. The molecule has 6 rings (SSSR count). The van der Waals surface area contributed by atoms with Crippen LogP contribution < -0.4 is 20.7 Å². The van der Waals surface area contributed by atoms with Crippen molar-refractivity contribution in [2.24, 2.45) is 0 Å². The van der Waals surface area contributed by atoms with Gasteiger partial charge in [0.2, 0.25) is 17.7 Å². The summed E-state index contributed by atoms with van der Waals surface area (Å²) in [5.74, 6) is -2.48. The molecule has 580 valence electrons. The highest BCUT2D eigenvalue weighted by Gasteiger charge is 2.37. The van der Waals surface area contributed by atoms with Crippen molar-refractivity contribution in [3.05, 3.63) is 124 Å². The van der Waals surface area contributed by atoms with Crippen LogP contribution in [-0.4, -0.2) is 205 Å². The van der Waals surface area contributed by atoms with E-state index in [1.165, 1.54) is 12.1 Å². The predicted molar refractivity (Wildman–Crippen MR) is 405 cm³/mol. The summed E-state index contributed by atoms with van der Waals surface area (Å²) >= 11 is 0. The number of hydrogen-bond donors (Lipinski definition) is 3. The summed E-state index contributed by atoms with van der Waals surface area (Å²) in [6.45, 7) is 28.7. The van der Waals surface area contributed by atoms with Gasteiger partial charge in [0.25, 0.3) is 0 Å². The van der Waals surface area contributed by atoms with Gasteiger partial charge in [-0.3, -0.25) is 58.1 Å². The molecule has 2 saturated heterocycles. The molecule has 0 unspecified atom stereocenters. The van der Waals surface area contributed by atoms with Crippen molar-refractivity contribution in [1.29, 1.82) is 0 Å². The molecule has 4 aromatic rings. The van der Waals surface area contributed by atoms with Crippen molar-refractivity contribution in [2.45, 2.75) is 215 Å². The lowest BCUT2D eigenvalue weighted by molar-refractivity contribution is -0.163. The molecular formula is C82H119F3N8O12. The summed E-state index contributed by atoms with van der Waals surface area (Å²) in [4.78, 5) is 105. The SMILES string of the molecule is Cc1ccc(CCCC(=O)NCCCC[C@H](NC(=O)CN2CCN(CC(=O)OC(C)(C)C)CCN(CC(=O)OC(C)(C)C)CCN(CC(=O)OC(C)(C)C)CC2)C(=O)NCCCCOc2cc(/C=C/c3cccc(-c4ccccc4)c3C)c(C(F)(F)F)cc2CN2CCCC[C@H]2C(=O)OC(C)(C)C)cc1. The molecule has 2 aliphatic rings. The summed E-state index contributed by atoms with van der Waals surface area (Å²) in [5.41, 5.74) is 2.19. The number of nitrogens with one attached hydrogen (secondary N) is 3. The zero-order valence-corrected chi connectivity index (χ0v) is 65.0. The summed E-state index contributed by atoms with van der Waals surface area (Å²) < 4.78 is 75.6. The standard InChI is InChI=1S/C82H119F3N8O12/c1-59-34-36-61(37-35-59)26-24-33-71(94)86-40-20-18-31-68(88-72(95)55-89-43-45-90(56-73(96)102-78(3,4)5)47-49-92(58-75(98)104-80(9,10)11)50-48-91(46-44-89)57-74(97)103-79(6,7)8)76(99)87-41-21-23-51-101-70-53-64(39-38-62-29-25-30-66(60(62)2)63-27-16-15-17-28-63)67(82(83,84)85)52-65(70)54-93-42-22-19-32-69(93)77(100)105-81(12,13)14/h15-17,25,27-30,34-39,52-53,68-69H,18-24,26,31-33,40-51,54-58H2,1-14H3,(H,86,94)(H,87,99)(H,88,95)/b39-38+/t68-,69-/m0/s1. The second-order valence-electron chi connectivity index (χ2n) is 31.8. The molecule has 2 fully saturated rings. The van der Waals surface area contributed by atoms with Gasteiger partial charge in [-0.1, -0.05) is 96.9 Å². The summed E-state index contributed by atoms with van der Waals surface area (Å²) in [7, 11) is 0. The predicted octanol–water partition coefficient (Wildman–Crippen LogP) is 12.2. The summed E-state index contributed by atoms with van der Waals surface area (Å²) in [6.07, 6.45) is 4.15. The number of hydrogen-bond acceptors (Lipinski definition) is 17. The van der Waals surface area contributed by atoms with E-state index in [1.807, 2.05) is 86.9 Å². The van der Waals surface area contributed by atoms with Gasteiger partial charge in [-0.15, -0.1) is 0 Å². The quantitative estimate of drug-likeness (QED) is 0.0185. The third-order valence-corrected chi connectivity index (χ3v) is 17.7. The fraction of sp³-hybridized carbons (Fsp3) is 0.598. The highest BCUT2D eigenvalue weighted by Crippen LogP contribution is 2.39. The fourth-order valence-electron chi connectivity index (χ4n) is 12.6. The first kappa shape index (κ1) is 86.2. The second-order valence-corrected chi connectivity index (χ2v) is 31.8. The molecule has 2 aliphatic heterocycles. The Hall–Kier alpha value is -7.70. The van der Waals surface area contributed by atoms with Crippen LogP contribution in [-0.2, 0) is 71.7 Å². The Morgan fingerprint density at radius 1 is 0.543 bits per heavy atom. The number of halogens is 3. The monoisotopic (exact) mass is 1460 g/mol. The molecule has 20 nitrogen and oxygen atoms in total. The number of benzene rings is 4. The first-order valence-corrected chi connectivity index (χ1v) is 37.5. The minimum atomic E-state index is -4.76. The van der Waals surface area contributed by atoms with Crippen LogP contribution in [0.3, 0.4) is 0 Å². The number of piperidine rings is 1. The van der Waals surface area contributed by atoms with Gasteiger partial charge in [0.15, 0.2) is 0 Å². The Morgan fingerprint density at radius 3 is 1.61 bits per heavy atom. The van der Waals surface area contributed by atoms with E-state index in [2.05, 4.69) is 40.2 Å². The summed E-state index contributed by atoms with van der Waals surface area (Å²) in [6, 6.07) is 24.6. The molecule has 3 N–H and O–H groups in total. The number of aryl methyl sites for hydroxylation is 2. The molecular weight excluding hydrogens is 1350 g/mol. The largest absolute Gasteiger partial charge is 0.493 e. The number of rotatable bonds is 31. The highest BCUT2D eigenvalue weighted by molar-refractivity contribution is 5.88. The number of esters is 4. The molecule has 0 aromatic heterocycles. The van der Waals surface area contributed by atoms with Crippen molar-refractivity contribution < 1.29 is 70.4 Å². The number of nitrogens with zero attached hydrogens (tertiary/aromatic N) is 5. The number of carbonyl (C=O) groups is 7. The van der Waals surface area contributed by atoms with Crippen LogP contribution in [0.4, 0.5) is 13.2 Å². The number of alkyl halides is 3. The normalized spacial score (nSPS) is 16.5. The maximum Gasteiger partial charge on any atom is 0.417 e. The van der Waals surface area contributed by atoms with Crippen molar-refractivity contribution in [1.82, 2.24) is 40.4 Å². The molecule has 0 saturated carbocycles. The van der Waals surface area contributed by atoms with E-state index in [4.69, 9.17) is 23.7 Å². The first-order valence-electron chi connectivity index (χ1n) is 37.5. The van der Waals surface area contributed by atoms with E-state index in [9.17, 15) is 33.6 Å². The van der Waals surface area contributed by atoms with Crippen molar-refractivity contribution >= 4 is 53.8 Å². The van der Waals surface area contributed by atoms with Crippen LogP contribution in [0, 0.1) is 13.8 Å². The number of carbonyl (C=O) groups excluding carboxylic acids is 7. The van der Waals surface area contributed by atoms with Gasteiger partial charge in [-0.2, -0.15) is 13.2 Å². The fourth-order valence-corrected chi connectivity index (χ4v) is 12.6. The molecule has 2 heterocycles. The Kier molecular flexibility index (Phi) is 33.6. The van der Waals surface area contributed by atoms with Gasteiger partial charge in [0, 0.05) is 84.0 Å². The third kappa shape index (κ3) is 32.9. The maximum absolute atomic E-state index is 15.4. The molecule has 105 heavy (non-hydrogen) atoms. The topological polar surface area (TPSA) is 218 Å². The smallest absolute Gasteiger partial charge is 0.417 e. The minimum absolute atomic E-state index is 0.0109. The Balaban J connectivity index is 1.21. The molecule has 0 spiro atoms. The van der Waals surface area contributed by atoms with Gasteiger partial charge < -0.3 is 39.6 Å². The van der Waals surface area contributed by atoms with Crippen LogP contribution in [0.2, 0.25) is 0 Å². The lowest BCUT2D eigenvalue weighted by Gasteiger charge is -2.36. The third-order valence-electron chi connectivity index (χ3n) is 17.7. The molecule has 3 amide bonds. The van der Waals surface area contributed by atoms with Gasteiger partial charge >= 0.3 is 30.1 Å². The van der Waals surface area contributed by atoms with Gasteiger partial charge in [0.05, 0.1) is 38.3 Å².